The molecule has 26 heavy (non-hydrogen) atoms. The van der Waals surface area contributed by atoms with Gasteiger partial charge in [0.15, 0.2) is 5.78 Å². The Bertz CT molecular complexity index is 994. The molecule has 6 nitrogen and oxygen atoms in total. The molecule has 0 saturated heterocycles. The number of carbonyl (C=O) groups is 2. The topological polar surface area (TPSA) is 105 Å². The predicted molar refractivity (Wildman–Crippen MR) is 94.4 cm³/mol. The molecule has 4 rings (SSSR count). The molecule has 1 atom stereocenters. The number of nitriles is 1. The van der Waals surface area contributed by atoms with Gasteiger partial charge in [0.2, 0.25) is 11.8 Å². The van der Waals surface area contributed by atoms with Crippen molar-refractivity contribution in [1.29, 1.82) is 5.26 Å². The smallest absolute Gasteiger partial charge is 0.245 e. The van der Waals surface area contributed by atoms with E-state index < -0.39 is 11.3 Å². The van der Waals surface area contributed by atoms with Gasteiger partial charge < -0.3 is 15.8 Å². The number of rotatable bonds is 0. The zero-order valence-electron chi connectivity index (χ0n) is 14.9. The zero-order chi connectivity index (χ0) is 18.9. The minimum atomic E-state index is -1.53. The number of nitrogens with one attached hydrogen (secondary N) is 1. The van der Waals surface area contributed by atoms with Crippen molar-refractivity contribution in [3.63, 3.8) is 0 Å². The van der Waals surface area contributed by atoms with Gasteiger partial charge in [-0.2, -0.15) is 5.26 Å². The number of nitrogens with zero attached hydrogens (tertiary/aromatic N) is 1. The lowest BCUT2D eigenvalue weighted by atomic mass is 9.61. The first-order valence-electron chi connectivity index (χ1n) is 8.49. The van der Waals surface area contributed by atoms with E-state index in [0.717, 1.165) is 5.56 Å². The van der Waals surface area contributed by atoms with Gasteiger partial charge in [0.1, 0.15) is 22.8 Å². The zero-order valence-corrected chi connectivity index (χ0v) is 14.9. The maximum atomic E-state index is 13.2. The molecule has 1 spiro atoms. The molecule has 3 aliphatic rings. The Morgan fingerprint density at radius 2 is 2.00 bits per heavy atom. The summed E-state index contributed by atoms with van der Waals surface area (Å²) in [6, 6.07) is 7.50. The molecule has 0 bridgehead atoms. The van der Waals surface area contributed by atoms with Crippen LogP contribution in [0.25, 0.3) is 0 Å². The van der Waals surface area contributed by atoms with E-state index in [0.29, 0.717) is 23.4 Å². The summed E-state index contributed by atoms with van der Waals surface area (Å²) >= 11 is 0. The fourth-order valence-electron chi connectivity index (χ4n) is 4.48. The van der Waals surface area contributed by atoms with E-state index in [4.69, 9.17) is 10.5 Å². The van der Waals surface area contributed by atoms with E-state index >= 15 is 0 Å². The fourth-order valence-corrected chi connectivity index (χ4v) is 4.48. The number of carbonyl (C=O) groups excluding carboxylic acids is 2. The number of hydrogen-bond acceptors (Lipinski definition) is 5. The minimum absolute atomic E-state index is 0.0187. The summed E-state index contributed by atoms with van der Waals surface area (Å²) in [6.45, 7) is 5.80. The van der Waals surface area contributed by atoms with E-state index in [1.807, 2.05) is 39.0 Å². The largest absolute Gasteiger partial charge is 0.444 e. The standard InChI is InChI=1S/C20H19N3O3/c1-10-5-4-6-12-15(10)20(18(25)23-12)11(9-21)17(22)26-14-8-19(2,3)7-13(24)16(14)20/h4-6H,7-8,22H2,1-3H3,(H,23,25). The number of allylic oxidation sites excluding steroid dienone is 1. The predicted octanol–water partition coefficient (Wildman–Crippen LogP) is 2.55. The van der Waals surface area contributed by atoms with Crippen molar-refractivity contribution in [3.8, 4) is 6.07 Å². The van der Waals surface area contributed by atoms with Crippen LogP contribution in [0, 0.1) is 23.7 Å². The lowest BCUT2D eigenvalue weighted by Crippen LogP contribution is -2.48. The maximum absolute atomic E-state index is 13.2. The number of benzene rings is 1. The minimum Gasteiger partial charge on any atom is -0.444 e. The van der Waals surface area contributed by atoms with Crippen LogP contribution in [-0.2, 0) is 19.7 Å². The fraction of sp³-hybridized carbons (Fsp3) is 0.350. The van der Waals surface area contributed by atoms with Crippen molar-refractivity contribution in [2.75, 3.05) is 5.32 Å². The molecule has 1 unspecified atom stereocenters. The van der Waals surface area contributed by atoms with Gasteiger partial charge in [-0.15, -0.1) is 0 Å². The van der Waals surface area contributed by atoms with E-state index in [-0.39, 0.29) is 34.6 Å². The van der Waals surface area contributed by atoms with Crippen molar-refractivity contribution >= 4 is 17.4 Å². The summed E-state index contributed by atoms with van der Waals surface area (Å²) in [5, 5.41) is 12.7. The summed E-state index contributed by atoms with van der Waals surface area (Å²) in [5.74, 6) is -0.315. The summed E-state index contributed by atoms with van der Waals surface area (Å²) < 4.78 is 5.70. The molecule has 0 radical (unpaired) electrons. The van der Waals surface area contributed by atoms with Gasteiger partial charge in [-0.25, -0.2) is 0 Å². The Labute approximate surface area is 151 Å². The van der Waals surface area contributed by atoms with Gasteiger partial charge in [-0.05, 0) is 24.0 Å². The second kappa shape index (κ2) is 4.98. The van der Waals surface area contributed by atoms with Crippen LogP contribution < -0.4 is 11.1 Å². The van der Waals surface area contributed by atoms with Gasteiger partial charge >= 0.3 is 0 Å². The average Bonchev–Trinajstić information content (AvgIpc) is 2.80. The summed E-state index contributed by atoms with van der Waals surface area (Å²) in [4.78, 5) is 26.4. The lowest BCUT2D eigenvalue weighted by molar-refractivity contribution is -0.124. The van der Waals surface area contributed by atoms with Crippen molar-refractivity contribution in [2.24, 2.45) is 11.1 Å². The lowest BCUT2D eigenvalue weighted by Gasteiger charge is -2.41. The monoisotopic (exact) mass is 349 g/mol. The van der Waals surface area contributed by atoms with Crippen LogP contribution in [0.5, 0.6) is 0 Å². The summed E-state index contributed by atoms with van der Waals surface area (Å²) in [7, 11) is 0. The maximum Gasteiger partial charge on any atom is 0.245 e. The Kier molecular flexibility index (Phi) is 3.14. The highest BCUT2D eigenvalue weighted by atomic mass is 16.5. The van der Waals surface area contributed by atoms with Crippen LogP contribution in [0.15, 0.2) is 41.0 Å². The molecule has 1 aromatic rings. The van der Waals surface area contributed by atoms with Crippen LogP contribution in [0.1, 0.15) is 37.8 Å². The molecule has 6 heteroatoms. The molecular weight excluding hydrogens is 330 g/mol. The summed E-state index contributed by atoms with van der Waals surface area (Å²) in [5.41, 5.74) is 6.51. The molecule has 1 aromatic carbocycles. The first-order valence-corrected chi connectivity index (χ1v) is 8.49. The van der Waals surface area contributed by atoms with Gasteiger partial charge in [0, 0.05) is 24.1 Å². The first kappa shape index (κ1) is 16.4. The molecule has 0 aromatic heterocycles. The highest BCUT2D eigenvalue weighted by molar-refractivity contribution is 6.19. The van der Waals surface area contributed by atoms with E-state index in [9.17, 15) is 14.9 Å². The molecular formula is C20H19N3O3. The Morgan fingerprint density at radius 1 is 1.27 bits per heavy atom. The highest BCUT2D eigenvalue weighted by Gasteiger charge is 2.61. The molecule has 3 N–H and O–H groups in total. The molecule has 1 aliphatic carbocycles. The van der Waals surface area contributed by atoms with Crippen molar-refractivity contribution in [3.05, 3.63) is 52.1 Å². The third-order valence-electron chi connectivity index (χ3n) is 5.41. The van der Waals surface area contributed by atoms with Crippen LogP contribution in [0.3, 0.4) is 0 Å². The Balaban J connectivity index is 2.13. The molecule has 132 valence electrons. The molecule has 2 heterocycles. The van der Waals surface area contributed by atoms with Crippen molar-refractivity contribution in [2.45, 2.75) is 39.0 Å². The molecule has 2 aliphatic heterocycles. The van der Waals surface area contributed by atoms with Crippen LogP contribution in [0.4, 0.5) is 5.69 Å². The third-order valence-corrected chi connectivity index (χ3v) is 5.41. The number of fused-ring (bicyclic) bond motifs is 3. The quantitative estimate of drug-likeness (QED) is 0.749. The van der Waals surface area contributed by atoms with E-state index in [2.05, 4.69) is 5.32 Å². The number of aryl methyl sites for hydroxylation is 1. The van der Waals surface area contributed by atoms with Gasteiger partial charge in [-0.3, -0.25) is 9.59 Å². The number of amides is 1. The normalized spacial score (nSPS) is 26.2. The molecule has 0 saturated carbocycles. The molecule has 0 fully saturated rings. The number of ether oxygens (including phenoxy) is 1. The average molecular weight is 349 g/mol. The van der Waals surface area contributed by atoms with Gasteiger partial charge in [0.25, 0.3) is 0 Å². The van der Waals surface area contributed by atoms with Crippen molar-refractivity contribution < 1.29 is 14.3 Å². The van der Waals surface area contributed by atoms with Crippen LogP contribution in [0.2, 0.25) is 0 Å². The third kappa shape index (κ3) is 1.86. The second-order valence-electron chi connectivity index (χ2n) is 7.89. The number of anilines is 1. The molecule has 1 amide bonds. The van der Waals surface area contributed by atoms with Crippen LogP contribution in [-0.4, -0.2) is 11.7 Å². The number of ketones is 1. The van der Waals surface area contributed by atoms with Crippen LogP contribution >= 0.6 is 0 Å². The van der Waals surface area contributed by atoms with Crippen molar-refractivity contribution in [1.82, 2.24) is 0 Å². The Morgan fingerprint density at radius 3 is 2.69 bits per heavy atom. The van der Waals surface area contributed by atoms with E-state index in [1.165, 1.54) is 0 Å². The number of hydrogen-bond donors (Lipinski definition) is 2. The van der Waals surface area contributed by atoms with Gasteiger partial charge in [-0.1, -0.05) is 26.0 Å². The van der Waals surface area contributed by atoms with Gasteiger partial charge in [0.05, 0.1) is 5.57 Å². The number of Topliss-reactive ketones (excluding diaryl/α,β-unsaturated/α-hetero) is 1. The Hall–Kier alpha value is -3.07. The first-order chi connectivity index (χ1) is 12.2. The SMILES string of the molecule is Cc1cccc2c1C1(C(=O)N2)C(C#N)=C(N)OC2=C1C(=O)CC(C)(C)C2. The highest BCUT2D eigenvalue weighted by Crippen LogP contribution is 2.56. The van der Waals surface area contributed by atoms with E-state index in [1.54, 1.807) is 6.07 Å². The summed E-state index contributed by atoms with van der Waals surface area (Å²) in [6.07, 6.45) is 0.758. The second-order valence-corrected chi connectivity index (χ2v) is 7.89. The number of nitrogens with two attached hydrogens (primary N) is 1.